The first-order valence-electron chi connectivity index (χ1n) is 7.49. The zero-order chi connectivity index (χ0) is 16.1. The number of aliphatic hydroxyl groups is 1. The first-order valence-corrected chi connectivity index (χ1v) is 7.49. The van der Waals surface area contributed by atoms with Gasteiger partial charge < -0.3 is 10.0 Å². The fourth-order valence-electron chi connectivity index (χ4n) is 2.28. The van der Waals surface area contributed by atoms with E-state index in [1.165, 1.54) is 0 Å². The van der Waals surface area contributed by atoms with E-state index in [9.17, 15) is 9.90 Å². The van der Waals surface area contributed by atoms with E-state index in [0.717, 1.165) is 16.8 Å². The van der Waals surface area contributed by atoms with Gasteiger partial charge in [-0.3, -0.25) is 4.79 Å². The Morgan fingerprint density at radius 3 is 2.45 bits per heavy atom. The van der Waals surface area contributed by atoms with Crippen LogP contribution in [0.2, 0.25) is 0 Å². The van der Waals surface area contributed by atoms with E-state index in [2.05, 4.69) is 4.98 Å². The van der Waals surface area contributed by atoms with Gasteiger partial charge in [0.15, 0.2) is 0 Å². The second-order valence-corrected chi connectivity index (χ2v) is 5.43. The first kappa shape index (κ1) is 16.2. The monoisotopic (exact) mass is 298 g/mol. The number of hydrogen-bond acceptors (Lipinski definition) is 3. The summed E-state index contributed by atoms with van der Waals surface area (Å²) in [6.07, 6.45) is -0.700. The van der Waals surface area contributed by atoms with Gasteiger partial charge in [0.05, 0.1) is 12.6 Å². The van der Waals surface area contributed by atoms with E-state index in [4.69, 9.17) is 0 Å². The molecule has 1 aromatic carbocycles. The molecular weight excluding hydrogens is 276 g/mol. The fraction of sp³-hybridized carbons (Fsp3) is 0.333. The molecule has 2 rings (SSSR count). The van der Waals surface area contributed by atoms with Crippen molar-refractivity contribution in [3.05, 3.63) is 65.0 Å². The molecule has 116 valence electrons. The molecule has 0 saturated carbocycles. The lowest BCUT2D eigenvalue weighted by Crippen LogP contribution is -2.35. The van der Waals surface area contributed by atoms with Gasteiger partial charge in [0.2, 0.25) is 0 Å². The maximum atomic E-state index is 12.5. The summed E-state index contributed by atoms with van der Waals surface area (Å²) < 4.78 is 0. The van der Waals surface area contributed by atoms with Gasteiger partial charge in [-0.25, -0.2) is 4.98 Å². The van der Waals surface area contributed by atoms with Gasteiger partial charge >= 0.3 is 0 Å². The van der Waals surface area contributed by atoms with Crippen LogP contribution in [0.5, 0.6) is 0 Å². The maximum Gasteiger partial charge on any atom is 0.272 e. The highest BCUT2D eigenvalue weighted by Crippen LogP contribution is 2.16. The number of carbonyl (C=O) groups is 1. The lowest BCUT2D eigenvalue weighted by Gasteiger charge is -2.24. The van der Waals surface area contributed by atoms with Gasteiger partial charge in [0.25, 0.3) is 5.91 Å². The van der Waals surface area contributed by atoms with Crippen LogP contribution in [-0.2, 0) is 0 Å². The quantitative estimate of drug-likeness (QED) is 0.923. The Bertz CT molecular complexity index is 638. The predicted octanol–water partition coefficient (Wildman–Crippen LogP) is 2.89. The normalized spacial score (nSPS) is 12.0. The van der Waals surface area contributed by atoms with Gasteiger partial charge in [0.1, 0.15) is 5.69 Å². The largest absolute Gasteiger partial charge is 0.387 e. The Kier molecular flexibility index (Phi) is 5.28. The molecule has 0 radical (unpaired) electrons. The zero-order valence-electron chi connectivity index (χ0n) is 13.3. The minimum Gasteiger partial charge on any atom is -0.387 e. The number of aryl methyl sites for hydroxylation is 2. The predicted molar refractivity (Wildman–Crippen MR) is 86.7 cm³/mol. The Morgan fingerprint density at radius 2 is 1.86 bits per heavy atom. The van der Waals surface area contributed by atoms with E-state index in [1.807, 2.05) is 57.2 Å². The highest BCUT2D eigenvalue weighted by atomic mass is 16.3. The third-order valence-corrected chi connectivity index (χ3v) is 3.63. The van der Waals surface area contributed by atoms with Crippen LogP contribution >= 0.6 is 0 Å². The van der Waals surface area contributed by atoms with Crippen LogP contribution in [0.3, 0.4) is 0 Å². The van der Waals surface area contributed by atoms with E-state index in [1.54, 1.807) is 11.0 Å². The van der Waals surface area contributed by atoms with Gasteiger partial charge in [-0.15, -0.1) is 0 Å². The molecule has 0 aliphatic carbocycles. The van der Waals surface area contributed by atoms with Gasteiger partial charge in [-0.05, 0) is 38.5 Å². The molecule has 0 saturated heterocycles. The van der Waals surface area contributed by atoms with Crippen molar-refractivity contribution >= 4 is 5.91 Å². The second-order valence-electron chi connectivity index (χ2n) is 5.43. The Hall–Kier alpha value is -2.20. The SMILES string of the molecule is CCN(CC(O)c1ccc(C)cc1)C(=O)c1cccc(C)n1. The van der Waals surface area contributed by atoms with Crippen molar-refractivity contribution in [2.45, 2.75) is 26.9 Å². The maximum absolute atomic E-state index is 12.5. The average molecular weight is 298 g/mol. The zero-order valence-corrected chi connectivity index (χ0v) is 13.3. The third-order valence-electron chi connectivity index (χ3n) is 3.63. The minimum absolute atomic E-state index is 0.155. The van der Waals surface area contributed by atoms with Crippen LogP contribution in [0.4, 0.5) is 0 Å². The van der Waals surface area contributed by atoms with Crippen molar-refractivity contribution in [1.82, 2.24) is 9.88 Å². The van der Waals surface area contributed by atoms with Crippen molar-refractivity contribution in [2.24, 2.45) is 0 Å². The average Bonchev–Trinajstić information content (AvgIpc) is 2.52. The van der Waals surface area contributed by atoms with E-state index < -0.39 is 6.10 Å². The van der Waals surface area contributed by atoms with E-state index in [-0.39, 0.29) is 12.5 Å². The Balaban J connectivity index is 2.11. The third kappa shape index (κ3) is 3.92. The van der Waals surface area contributed by atoms with Crippen molar-refractivity contribution in [3.8, 4) is 0 Å². The smallest absolute Gasteiger partial charge is 0.272 e. The van der Waals surface area contributed by atoms with Crippen molar-refractivity contribution in [1.29, 1.82) is 0 Å². The standard InChI is InChI=1S/C18H22N2O2/c1-4-20(18(22)16-7-5-6-14(3)19-16)12-17(21)15-10-8-13(2)9-11-15/h5-11,17,21H,4,12H2,1-3H3. The summed E-state index contributed by atoms with van der Waals surface area (Å²) in [4.78, 5) is 18.4. The number of aliphatic hydroxyl groups excluding tert-OH is 1. The molecule has 2 aromatic rings. The number of rotatable bonds is 5. The number of nitrogens with zero attached hydrogens (tertiary/aromatic N) is 2. The molecule has 0 fully saturated rings. The molecule has 1 atom stereocenters. The van der Waals surface area contributed by atoms with Crippen LogP contribution in [-0.4, -0.2) is 34.0 Å². The number of pyridine rings is 1. The molecule has 0 bridgehead atoms. The minimum atomic E-state index is -0.700. The molecule has 4 nitrogen and oxygen atoms in total. The summed E-state index contributed by atoms with van der Waals surface area (Å²) >= 11 is 0. The van der Waals surface area contributed by atoms with Gasteiger partial charge in [0, 0.05) is 12.2 Å². The van der Waals surface area contributed by atoms with Crippen molar-refractivity contribution < 1.29 is 9.90 Å². The molecule has 0 spiro atoms. The summed E-state index contributed by atoms with van der Waals surface area (Å²) in [5.41, 5.74) is 3.18. The van der Waals surface area contributed by atoms with Crippen LogP contribution in [0.1, 0.15) is 40.3 Å². The van der Waals surface area contributed by atoms with Crippen molar-refractivity contribution in [2.75, 3.05) is 13.1 Å². The van der Waals surface area contributed by atoms with Gasteiger partial charge in [-0.1, -0.05) is 35.9 Å². The summed E-state index contributed by atoms with van der Waals surface area (Å²) in [6.45, 7) is 6.54. The molecular formula is C18H22N2O2. The lowest BCUT2D eigenvalue weighted by atomic mass is 10.1. The highest BCUT2D eigenvalue weighted by Gasteiger charge is 2.19. The van der Waals surface area contributed by atoms with Crippen molar-refractivity contribution in [3.63, 3.8) is 0 Å². The summed E-state index contributed by atoms with van der Waals surface area (Å²) in [5.74, 6) is -0.155. The lowest BCUT2D eigenvalue weighted by molar-refractivity contribution is 0.0629. The Labute approximate surface area is 131 Å². The second kappa shape index (κ2) is 7.18. The molecule has 1 aromatic heterocycles. The molecule has 22 heavy (non-hydrogen) atoms. The topological polar surface area (TPSA) is 53.4 Å². The van der Waals surface area contributed by atoms with Gasteiger partial charge in [-0.2, -0.15) is 0 Å². The molecule has 1 unspecified atom stereocenters. The molecule has 1 N–H and O–H groups in total. The fourth-order valence-corrected chi connectivity index (χ4v) is 2.28. The van der Waals surface area contributed by atoms with E-state index >= 15 is 0 Å². The molecule has 1 amide bonds. The number of aromatic nitrogens is 1. The van der Waals surface area contributed by atoms with Crippen LogP contribution in [0.25, 0.3) is 0 Å². The molecule has 0 aliphatic heterocycles. The number of hydrogen-bond donors (Lipinski definition) is 1. The highest BCUT2D eigenvalue weighted by molar-refractivity contribution is 5.92. The molecule has 0 aliphatic rings. The van der Waals surface area contributed by atoms with Crippen LogP contribution in [0.15, 0.2) is 42.5 Å². The summed E-state index contributed by atoms with van der Waals surface area (Å²) in [7, 11) is 0. The van der Waals surface area contributed by atoms with E-state index in [0.29, 0.717) is 12.2 Å². The summed E-state index contributed by atoms with van der Waals surface area (Å²) in [5, 5.41) is 10.3. The number of likely N-dealkylation sites (N-methyl/N-ethyl adjacent to an activating group) is 1. The summed E-state index contributed by atoms with van der Waals surface area (Å²) in [6, 6.07) is 13.1. The first-order chi connectivity index (χ1) is 10.5. The number of benzene rings is 1. The number of amides is 1. The molecule has 1 heterocycles. The van der Waals surface area contributed by atoms with Crippen LogP contribution in [0, 0.1) is 13.8 Å². The van der Waals surface area contributed by atoms with Crippen LogP contribution < -0.4 is 0 Å². The number of carbonyl (C=O) groups excluding carboxylic acids is 1. The Morgan fingerprint density at radius 1 is 1.18 bits per heavy atom. The molecule has 4 heteroatoms.